The summed E-state index contributed by atoms with van der Waals surface area (Å²) in [7, 11) is 1.70. The van der Waals surface area contributed by atoms with Crippen molar-refractivity contribution in [1.82, 2.24) is 0 Å². The summed E-state index contributed by atoms with van der Waals surface area (Å²) in [5.74, 6) is 1.46. The van der Waals surface area contributed by atoms with Crippen LogP contribution in [0.2, 0.25) is 5.02 Å². The Morgan fingerprint density at radius 2 is 2.00 bits per heavy atom. The largest absolute Gasteiger partial charge is 0.496 e. The molecule has 0 heterocycles. The summed E-state index contributed by atoms with van der Waals surface area (Å²) in [5, 5.41) is 0.805. The van der Waals surface area contributed by atoms with Crippen LogP contribution in [0.1, 0.15) is 37.8 Å². The molecule has 1 unspecified atom stereocenters. The summed E-state index contributed by atoms with van der Waals surface area (Å²) in [6, 6.07) is 4.29. The van der Waals surface area contributed by atoms with E-state index in [1.807, 2.05) is 19.1 Å². The fourth-order valence-electron chi connectivity index (χ4n) is 1.94. The Morgan fingerprint density at radius 1 is 1.33 bits per heavy atom. The molecule has 0 aliphatic carbocycles. The van der Waals surface area contributed by atoms with Gasteiger partial charge in [0, 0.05) is 11.1 Å². The number of benzene rings is 1. The van der Waals surface area contributed by atoms with Gasteiger partial charge in [0.2, 0.25) is 0 Å². The second-order valence-electron chi connectivity index (χ2n) is 5.21. The molecule has 2 N–H and O–H groups in total. The highest BCUT2D eigenvalue weighted by atomic mass is 35.5. The molecule has 0 saturated carbocycles. The Labute approximate surface area is 115 Å². The minimum Gasteiger partial charge on any atom is -0.496 e. The van der Waals surface area contributed by atoms with Gasteiger partial charge >= 0.3 is 0 Å². The Kier molecular flexibility index (Phi) is 5.97. The van der Waals surface area contributed by atoms with Gasteiger partial charge in [0.05, 0.1) is 7.11 Å². The van der Waals surface area contributed by atoms with E-state index in [1.54, 1.807) is 7.11 Å². The number of hydrogen-bond acceptors (Lipinski definition) is 2. The van der Waals surface area contributed by atoms with E-state index in [4.69, 9.17) is 22.1 Å². The Balaban J connectivity index is 2.64. The van der Waals surface area contributed by atoms with Gasteiger partial charge in [0.25, 0.3) is 0 Å². The van der Waals surface area contributed by atoms with Gasteiger partial charge in [-0.25, -0.2) is 0 Å². The lowest BCUT2D eigenvalue weighted by Crippen LogP contribution is -2.26. The van der Waals surface area contributed by atoms with Crippen molar-refractivity contribution in [1.29, 1.82) is 0 Å². The predicted octanol–water partition coefficient (Wildman–Crippen LogP) is 3.96. The second kappa shape index (κ2) is 7.01. The number of methoxy groups -OCH3 is 1. The molecule has 0 saturated heterocycles. The van der Waals surface area contributed by atoms with Gasteiger partial charge in [-0.05, 0) is 55.4 Å². The van der Waals surface area contributed by atoms with Crippen LogP contribution in [0.25, 0.3) is 0 Å². The fourth-order valence-corrected chi connectivity index (χ4v) is 2.13. The number of hydrogen-bond donors (Lipinski definition) is 1. The molecule has 0 aliphatic rings. The van der Waals surface area contributed by atoms with Crippen molar-refractivity contribution in [2.45, 2.75) is 46.1 Å². The molecule has 0 fully saturated rings. The van der Waals surface area contributed by atoms with Crippen LogP contribution in [-0.4, -0.2) is 13.2 Å². The van der Waals surface area contributed by atoms with Gasteiger partial charge in [0.1, 0.15) is 5.75 Å². The first-order valence-electron chi connectivity index (χ1n) is 6.54. The Morgan fingerprint density at radius 3 is 2.56 bits per heavy atom. The van der Waals surface area contributed by atoms with Crippen LogP contribution in [0.3, 0.4) is 0 Å². The quantitative estimate of drug-likeness (QED) is 0.848. The van der Waals surface area contributed by atoms with E-state index in [0.29, 0.717) is 5.92 Å². The lowest BCUT2D eigenvalue weighted by Gasteiger charge is -2.16. The number of ether oxygens (including phenoxy) is 1. The zero-order chi connectivity index (χ0) is 13.7. The van der Waals surface area contributed by atoms with E-state index in [-0.39, 0.29) is 6.04 Å². The third-order valence-corrected chi connectivity index (χ3v) is 3.81. The Hall–Kier alpha value is -0.730. The highest BCUT2D eigenvalue weighted by molar-refractivity contribution is 6.31. The van der Waals surface area contributed by atoms with Crippen molar-refractivity contribution < 1.29 is 4.74 Å². The summed E-state index contributed by atoms with van der Waals surface area (Å²) in [6.07, 6.45) is 3.06. The van der Waals surface area contributed by atoms with Crippen molar-refractivity contribution >= 4 is 11.6 Å². The topological polar surface area (TPSA) is 35.2 Å². The molecule has 3 heteroatoms. The van der Waals surface area contributed by atoms with E-state index in [0.717, 1.165) is 35.6 Å². The molecule has 0 aliphatic heterocycles. The van der Waals surface area contributed by atoms with E-state index < -0.39 is 0 Å². The third-order valence-electron chi connectivity index (χ3n) is 3.40. The predicted molar refractivity (Wildman–Crippen MR) is 78.5 cm³/mol. The summed E-state index contributed by atoms with van der Waals surface area (Å²) in [5.41, 5.74) is 8.27. The summed E-state index contributed by atoms with van der Waals surface area (Å²) in [4.78, 5) is 0. The van der Waals surface area contributed by atoms with E-state index in [9.17, 15) is 0 Å². The van der Waals surface area contributed by atoms with Gasteiger partial charge in [-0.15, -0.1) is 0 Å². The van der Waals surface area contributed by atoms with Crippen LogP contribution < -0.4 is 10.5 Å². The number of aryl methyl sites for hydroxylation is 2. The molecule has 0 radical (unpaired) electrons. The molecular formula is C15H24ClNO. The molecule has 1 rings (SSSR count). The summed E-state index contributed by atoms with van der Waals surface area (Å²) in [6.45, 7) is 6.31. The highest BCUT2D eigenvalue weighted by Crippen LogP contribution is 2.28. The molecule has 1 aromatic carbocycles. The maximum Gasteiger partial charge on any atom is 0.122 e. The molecule has 1 atom stereocenters. The first-order valence-corrected chi connectivity index (χ1v) is 6.92. The van der Waals surface area contributed by atoms with Crippen LogP contribution in [-0.2, 0) is 6.42 Å². The average molecular weight is 270 g/mol. The van der Waals surface area contributed by atoms with Crippen molar-refractivity contribution in [3.8, 4) is 5.75 Å². The highest BCUT2D eigenvalue weighted by Gasteiger charge is 2.10. The van der Waals surface area contributed by atoms with Crippen LogP contribution in [0, 0.1) is 12.8 Å². The van der Waals surface area contributed by atoms with Crippen molar-refractivity contribution in [2.24, 2.45) is 11.7 Å². The number of halogens is 1. The van der Waals surface area contributed by atoms with E-state index in [1.165, 1.54) is 5.56 Å². The zero-order valence-electron chi connectivity index (χ0n) is 11.8. The van der Waals surface area contributed by atoms with Gasteiger partial charge in [-0.1, -0.05) is 25.4 Å². The van der Waals surface area contributed by atoms with E-state index >= 15 is 0 Å². The number of nitrogens with two attached hydrogens (primary N) is 1. The minimum absolute atomic E-state index is 0.275. The molecular weight excluding hydrogens is 246 g/mol. The molecule has 102 valence electrons. The normalized spacial score (nSPS) is 12.8. The molecule has 0 bridgehead atoms. The molecule has 0 spiro atoms. The fraction of sp³-hybridized carbons (Fsp3) is 0.600. The monoisotopic (exact) mass is 269 g/mol. The van der Waals surface area contributed by atoms with Crippen molar-refractivity contribution in [3.05, 3.63) is 28.3 Å². The van der Waals surface area contributed by atoms with Crippen LogP contribution in [0.5, 0.6) is 5.75 Å². The summed E-state index contributed by atoms with van der Waals surface area (Å²) < 4.78 is 5.40. The first kappa shape index (κ1) is 15.3. The van der Waals surface area contributed by atoms with Crippen LogP contribution >= 0.6 is 11.6 Å². The van der Waals surface area contributed by atoms with Crippen molar-refractivity contribution in [3.63, 3.8) is 0 Å². The van der Waals surface area contributed by atoms with Gasteiger partial charge in [-0.2, -0.15) is 0 Å². The summed E-state index contributed by atoms with van der Waals surface area (Å²) >= 11 is 6.15. The molecule has 1 aromatic rings. The third kappa shape index (κ3) is 4.18. The lowest BCUT2D eigenvalue weighted by atomic mass is 9.97. The van der Waals surface area contributed by atoms with Crippen LogP contribution in [0.15, 0.2) is 12.1 Å². The zero-order valence-corrected chi connectivity index (χ0v) is 12.6. The smallest absolute Gasteiger partial charge is 0.122 e. The molecule has 18 heavy (non-hydrogen) atoms. The van der Waals surface area contributed by atoms with Crippen LogP contribution in [0.4, 0.5) is 0 Å². The second-order valence-corrected chi connectivity index (χ2v) is 5.62. The Bertz CT molecular complexity index is 390. The van der Waals surface area contributed by atoms with Gasteiger partial charge in [-0.3, -0.25) is 0 Å². The first-order chi connectivity index (χ1) is 8.45. The average Bonchev–Trinajstić information content (AvgIpc) is 2.32. The SMILES string of the molecule is COc1cc(C)c(Cl)cc1CCCC(N)C(C)C. The van der Waals surface area contributed by atoms with Crippen molar-refractivity contribution in [2.75, 3.05) is 7.11 Å². The lowest BCUT2D eigenvalue weighted by molar-refractivity contribution is 0.406. The van der Waals surface area contributed by atoms with E-state index in [2.05, 4.69) is 13.8 Å². The van der Waals surface area contributed by atoms with Gasteiger partial charge < -0.3 is 10.5 Å². The maximum absolute atomic E-state index is 6.15. The standard InChI is InChI=1S/C15H24ClNO/c1-10(2)14(17)7-5-6-12-9-13(16)11(3)8-15(12)18-4/h8-10,14H,5-7,17H2,1-4H3. The van der Waals surface area contributed by atoms with Gasteiger partial charge in [0.15, 0.2) is 0 Å². The number of rotatable bonds is 6. The molecule has 2 nitrogen and oxygen atoms in total. The minimum atomic E-state index is 0.275. The molecule has 0 aromatic heterocycles. The molecule has 0 amide bonds. The maximum atomic E-state index is 6.15.